The lowest BCUT2D eigenvalue weighted by Gasteiger charge is -2.38. The van der Waals surface area contributed by atoms with Crippen molar-refractivity contribution in [2.75, 3.05) is 20.1 Å². The summed E-state index contributed by atoms with van der Waals surface area (Å²) in [5.74, 6) is -0.889. The zero-order chi connectivity index (χ0) is 43.8. The third-order valence-corrected chi connectivity index (χ3v) is 11.0. The Bertz CT molecular complexity index is 2070. The number of benzene rings is 2. The fourth-order valence-corrected chi connectivity index (χ4v) is 8.13. The number of carboxylic acid groups (broad SMARTS) is 1. The lowest BCUT2D eigenvalue weighted by molar-refractivity contribution is -0.131. The lowest BCUT2D eigenvalue weighted by Crippen LogP contribution is -2.59. The Morgan fingerprint density at radius 2 is 1.48 bits per heavy atom. The number of pyridine rings is 2. The number of hydrogen-bond acceptors (Lipinski definition) is 7. The summed E-state index contributed by atoms with van der Waals surface area (Å²) in [6.07, 6.45) is 1.68. The zero-order valence-electron chi connectivity index (χ0n) is 36.1. The number of likely N-dealkylation sites (N-methyl/N-ethyl adjacent to an activating group) is 1. The Balaban J connectivity index is 1.42. The van der Waals surface area contributed by atoms with Crippen LogP contribution in [0, 0.1) is 17.8 Å². The number of aromatic nitrogens is 2. The number of carbonyl (C=O) groups is 4. The predicted octanol–water partition coefficient (Wildman–Crippen LogP) is 6.33. The molecule has 13 heteroatoms. The van der Waals surface area contributed by atoms with E-state index < -0.39 is 53.1 Å². The maximum Gasteiger partial charge on any atom is 0.407 e. The molecule has 1 aliphatic heterocycles. The molecule has 5 rings (SSSR count). The molecule has 1 fully saturated rings. The third-order valence-electron chi connectivity index (χ3n) is 11.0. The number of rotatable bonds is 16. The van der Waals surface area contributed by atoms with Crippen molar-refractivity contribution in [3.8, 4) is 11.1 Å². The van der Waals surface area contributed by atoms with Crippen molar-refractivity contribution in [2.24, 2.45) is 10.8 Å². The molecule has 5 atom stereocenters. The van der Waals surface area contributed by atoms with Crippen LogP contribution in [-0.4, -0.2) is 109 Å². The van der Waals surface area contributed by atoms with Crippen LogP contribution in [-0.2, 0) is 29.0 Å². The number of hydrogen-bond donors (Lipinski definition) is 4. The zero-order valence-corrected chi connectivity index (χ0v) is 36.1. The average Bonchev–Trinajstić information content (AvgIpc) is 3.52. The summed E-state index contributed by atoms with van der Waals surface area (Å²) in [6.45, 7) is 14.2. The summed E-state index contributed by atoms with van der Waals surface area (Å²) in [5.41, 5.74) is 3.87. The molecule has 1 saturated heterocycles. The van der Waals surface area contributed by atoms with Crippen molar-refractivity contribution in [2.45, 2.75) is 105 Å². The second-order valence-corrected chi connectivity index (χ2v) is 18.1. The topological polar surface area (TPSA) is 168 Å². The van der Waals surface area contributed by atoms with Gasteiger partial charge in [-0.05, 0) is 77.5 Å². The van der Waals surface area contributed by atoms with Crippen molar-refractivity contribution >= 4 is 23.9 Å². The van der Waals surface area contributed by atoms with Gasteiger partial charge < -0.3 is 30.6 Å². The van der Waals surface area contributed by atoms with Gasteiger partial charge in [-0.15, -0.1) is 0 Å². The Morgan fingerprint density at radius 3 is 2.08 bits per heavy atom. The molecule has 0 aliphatic carbocycles. The van der Waals surface area contributed by atoms with Crippen molar-refractivity contribution in [1.82, 2.24) is 35.3 Å². The van der Waals surface area contributed by atoms with E-state index >= 15 is 0 Å². The Kier molecular flexibility index (Phi) is 14.7. The maximum absolute atomic E-state index is 14.6. The number of aliphatic hydroxyl groups excluding tert-OH is 1. The highest BCUT2D eigenvalue weighted by Crippen LogP contribution is 2.30. The fraction of sp³-hybridized carbons (Fsp3) is 0.447. The second-order valence-electron chi connectivity index (χ2n) is 18.1. The van der Waals surface area contributed by atoms with Crippen molar-refractivity contribution in [3.63, 3.8) is 0 Å². The first kappa shape index (κ1) is 45.3. The van der Waals surface area contributed by atoms with Gasteiger partial charge in [-0.2, -0.15) is 0 Å². The molecular weight excluding hydrogens is 759 g/mol. The first-order valence-corrected chi connectivity index (χ1v) is 20.6. The monoisotopic (exact) mass is 819 g/mol. The van der Waals surface area contributed by atoms with E-state index in [2.05, 4.69) is 20.6 Å². The van der Waals surface area contributed by atoms with Gasteiger partial charge in [0.25, 0.3) is 0 Å². The number of aryl methyl sites for hydroxylation is 1. The minimum absolute atomic E-state index is 0.0459. The molecule has 320 valence electrons. The summed E-state index contributed by atoms with van der Waals surface area (Å²) in [6, 6.07) is 23.3. The van der Waals surface area contributed by atoms with Gasteiger partial charge in [0.2, 0.25) is 11.8 Å². The van der Waals surface area contributed by atoms with E-state index in [4.69, 9.17) is 0 Å². The molecule has 2 aromatic heterocycles. The molecule has 1 aliphatic rings. The molecule has 0 radical (unpaired) electrons. The normalized spacial score (nSPS) is 15.8. The molecule has 5 amide bonds. The fourth-order valence-electron chi connectivity index (χ4n) is 8.13. The Hall–Kier alpha value is -5.82. The SMILES string of the molecule is Cc1cccc(CN2CCN([C@H](C(=O)N[C@@H](Cc3ccccc3)C[C@@H](O)[C@H](Cc3ccc(-c4cccnc4)cc3)NC(=O)[C@@H](N(C)C(=O)O)C(C)(C)C)C(C)(C)C)C2=O)n1. The molecule has 4 aromatic rings. The molecule has 13 nitrogen and oxygen atoms in total. The third kappa shape index (κ3) is 11.9. The van der Waals surface area contributed by atoms with E-state index in [9.17, 15) is 29.4 Å². The van der Waals surface area contributed by atoms with Gasteiger partial charge in [0, 0.05) is 44.3 Å². The van der Waals surface area contributed by atoms with Crippen molar-refractivity contribution in [1.29, 1.82) is 0 Å². The number of urea groups is 1. The quantitative estimate of drug-likeness (QED) is 0.102. The second kappa shape index (κ2) is 19.5. The van der Waals surface area contributed by atoms with E-state index in [1.165, 1.54) is 7.05 Å². The summed E-state index contributed by atoms with van der Waals surface area (Å²) in [5, 5.41) is 28.4. The highest BCUT2D eigenvalue weighted by atomic mass is 16.4. The average molecular weight is 820 g/mol. The molecule has 60 heavy (non-hydrogen) atoms. The molecule has 2 aromatic carbocycles. The van der Waals surface area contributed by atoms with Crippen LogP contribution >= 0.6 is 0 Å². The van der Waals surface area contributed by atoms with Gasteiger partial charge in [0.1, 0.15) is 12.1 Å². The van der Waals surface area contributed by atoms with Crippen LogP contribution < -0.4 is 10.6 Å². The van der Waals surface area contributed by atoms with E-state index in [1.807, 2.05) is 113 Å². The number of amides is 5. The smallest absolute Gasteiger partial charge is 0.407 e. The van der Waals surface area contributed by atoms with E-state index in [1.54, 1.807) is 43.0 Å². The molecule has 0 bridgehead atoms. The van der Waals surface area contributed by atoms with Gasteiger partial charge in [0.05, 0.1) is 24.4 Å². The number of nitrogens with zero attached hydrogens (tertiary/aromatic N) is 5. The van der Waals surface area contributed by atoms with Crippen molar-refractivity contribution in [3.05, 3.63) is 120 Å². The van der Waals surface area contributed by atoms with Crippen LogP contribution in [0.3, 0.4) is 0 Å². The van der Waals surface area contributed by atoms with Crippen LogP contribution in [0.5, 0.6) is 0 Å². The summed E-state index contributed by atoms with van der Waals surface area (Å²) in [4.78, 5) is 67.9. The van der Waals surface area contributed by atoms with Crippen LogP contribution in [0.4, 0.5) is 9.59 Å². The van der Waals surface area contributed by atoms with Gasteiger partial charge in [-0.25, -0.2) is 9.59 Å². The highest BCUT2D eigenvalue weighted by Gasteiger charge is 2.44. The van der Waals surface area contributed by atoms with Crippen LogP contribution in [0.25, 0.3) is 11.1 Å². The number of nitrogens with one attached hydrogen (secondary N) is 2. The van der Waals surface area contributed by atoms with Gasteiger partial charge in [0.15, 0.2) is 0 Å². The van der Waals surface area contributed by atoms with Crippen LogP contribution in [0.1, 0.15) is 70.5 Å². The van der Waals surface area contributed by atoms with Crippen LogP contribution in [0.15, 0.2) is 97.3 Å². The predicted molar refractivity (Wildman–Crippen MR) is 232 cm³/mol. The number of aliphatic hydroxyl groups is 1. The highest BCUT2D eigenvalue weighted by molar-refractivity contribution is 5.89. The van der Waals surface area contributed by atoms with Gasteiger partial charge >= 0.3 is 12.1 Å². The minimum Gasteiger partial charge on any atom is -0.465 e. The van der Waals surface area contributed by atoms with Crippen molar-refractivity contribution < 1.29 is 29.4 Å². The summed E-state index contributed by atoms with van der Waals surface area (Å²) < 4.78 is 0. The molecular formula is C47H61N7O6. The first-order chi connectivity index (χ1) is 28.3. The largest absolute Gasteiger partial charge is 0.465 e. The summed E-state index contributed by atoms with van der Waals surface area (Å²) in [7, 11) is 1.36. The molecule has 0 saturated carbocycles. The maximum atomic E-state index is 14.6. The molecule has 4 N–H and O–H groups in total. The molecule has 0 spiro atoms. The standard InChI is InChI=1S/C47H61N7O6/c1-31-14-12-18-36(49-31)30-53-24-25-54(44(53)58)41(47(5,6)7)43(57)50-37(26-32-15-10-9-11-16-32)28-39(55)38(51-42(56)40(46(2,3)4)52(8)45(59)60)27-33-19-21-34(22-20-33)35-17-13-23-48-29-35/h9-23,29,37-41,55H,24-28,30H2,1-8H3,(H,50,57)(H,51,56)(H,59,60)/t37-,38-,39+,40+,41+/m0/s1. The van der Waals surface area contributed by atoms with E-state index in [0.29, 0.717) is 26.1 Å². The number of carbonyl (C=O) groups excluding carboxylic acids is 3. The Labute approximate surface area is 354 Å². The first-order valence-electron chi connectivity index (χ1n) is 20.6. The molecule has 3 heterocycles. The minimum atomic E-state index is -1.25. The lowest BCUT2D eigenvalue weighted by atomic mass is 9.84. The van der Waals surface area contributed by atoms with E-state index in [-0.39, 0.29) is 24.8 Å². The van der Waals surface area contributed by atoms with Crippen LogP contribution in [0.2, 0.25) is 0 Å². The van der Waals surface area contributed by atoms with E-state index in [0.717, 1.165) is 38.5 Å². The summed E-state index contributed by atoms with van der Waals surface area (Å²) >= 11 is 0. The Morgan fingerprint density at radius 1 is 0.800 bits per heavy atom. The van der Waals surface area contributed by atoms with Gasteiger partial charge in [-0.1, -0.05) is 108 Å². The van der Waals surface area contributed by atoms with Gasteiger partial charge in [-0.3, -0.25) is 24.5 Å². The molecule has 0 unspecified atom stereocenters.